The molecule has 2 aromatic rings. The summed E-state index contributed by atoms with van der Waals surface area (Å²) in [6.07, 6.45) is 0. The first-order chi connectivity index (χ1) is 8.06. The van der Waals surface area contributed by atoms with Gasteiger partial charge in [-0.3, -0.25) is 0 Å². The Morgan fingerprint density at radius 3 is 2.59 bits per heavy atom. The molecule has 0 saturated heterocycles. The average Bonchev–Trinajstić information content (AvgIpc) is 2.60. The Morgan fingerprint density at radius 1 is 1.18 bits per heavy atom. The highest BCUT2D eigenvalue weighted by atomic mass is 79.9. The van der Waals surface area contributed by atoms with Crippen molar-refractivity contribution in [2.24, 2.45) is 0 Å². The van der Waals surface area contributed by atoms with Gasteiger partial charge in [-0.15, -0.1) is 11.3 Å². The van der Waals surface area contributed by atoms with Gasteiger partial charge in [0.05, 0.1) is 10.7 Å². The molecule has 0 aliphatic carbocycles. The van der Waals surface area contributed by atoms with Crippen LogP contribution >= 0.6 is 66.4 Å². The molecule has 0 atom stereocenters. The van der Waals surface area contributed by atoms with E-state index in [0.717, 1.165) is 23.8 Å². The van der Waals surface area contributed by atoms with E-state index in [4.69, 9.17) is 23.2 Å². The third-order valence-corrected chi connectivity index (χ3v) is 5.38. The predicted octanol–water partition coefficient (Wildman–Crippen LogP) is 6.19. The van der Waals surface area contributed by atoms with Crippen LogP contribution in [0.25, 0.3) is 0 Å². The molecule has 1 N–H and O–H groups in total. The van der Waals surface area contributed by atoms with Crippen molar-refractivity contribution in [3.63, 3.8) is 0 Å². The van der Waals surface area contributed by atoms with Gasteiger partial charge in [0.2, 0.25) is 0 Å². The molecule has 0 aliphatic rings. The zero-order chi connectivity index (χ0) is 12.4. The van der Waals surface area contributed by atoms with E-state index >= 15 is 0 Å². The lowest BCUT2D eigenvalue weighted by Crippen LogP contribution is -1.97. The van der Waals surface area contributed by atoms with Gasteiger partial charge in [0.1, 0.15) is 4.34 Å². The van der Waals surface area contributed by atoms with Crippen molar-refractivity contribution in [3.8, 4) is 0 Å². The maximum Gasteiger partial charge on any atom is 0.107 e. The van der Waals surface area contributed by atoms with Gasteiger partial charge in [0.25, 0.3) is 0 Å². The molecule has 0 bridgehead atoms. The Hall–Kier alpha value is 0.260. The lowest BCUT2D eigenvalue weighted by atomic mass is 10.3. The second-order valence-corrected chi connectivity index (χ2v) is 7.23. The van der Waals surface area contributed by atoms with Crippen LogP contribution < -0.4 is 5.32 Å². The number of halogens is 4. The van der Waals surface area contributed by atoms with Crippen LogP contribution in [0.3, 0.4) is 0 Å². The fourth-order valence-corrected chi connectivity index (χ4v) is 3.57. The molecule has 0 aliphatic heterocycles. The van der Waals surface area contributed by atoms with E-state index < -0.39 is 0 Å². The number of hydrogen-bond donors (Lipinski definition) is 1. The Bertz CT molecular complexity index is 523. The second-order valence-electron chi connectivity index (χ2n) is 3.31. The van der Waals surface area contributed by atoms with Crippen LogP contribution in [0.5, 0.6) is 0 Å². The summed E-state index contributed by atoms with van der Waals surface area (Å²) in [5.41, 5.74) is 0.904. The van der Waals surface area contributed by atoms with Crippen LogP contribution in [0.15, 0.2) is 33.2 Å². The van der Waals surface area contributed by atoms with E-state index in [-0.39, 0.29) is 0 Å². The molecule has 0 unspecified atom stereocenters. The minimum absolute atomic E-state index is 0.701. The van der Waals surface area contributed by atoms with Gasteiger partial charge in [0, 0.05) is 20.4 Å². The molecule has 1 heterocycles. The summed E-state index contributed by atoms with van der Waals surface area (Å²) >= 11 is 20.4. The third kappa shape index (κ3) is 3.61. The van der Waals surface area contributed by atoms with Gasteiger partial charge >= 0.3 is 0 Å². The van der Waals surface area contributed by atoms with Crippen molar-refractivity contribution in [3.05, 3.63) is 47.4 Å². The summed E-state index contributed by atoms with van der Waals surface area (Å²) in [5.74, 6) is 0. The van der Waals surface area contributed by atoms with E-state index in [2.05, 4.69) is 37.2 Å². The van der Waals surface area contributed by atoms with Crippen LogP contribution in [0.4, 0.5) is 5.69 Å². The summed E-state index contributed by atoms with van der Waals surface area (Å²) in [6, 6.07) is 7.72. The lowest BCUT2D eigenvalue weighted by molar-refractivity contribution is 1.19. The molecular weight excluding hydrogens is 409 g/mol. The predicted molar refractivity (Wildman–Crippen MR) is 83.5 cm³/mol. The smallest absolute Gasteiger partial charge is 0.107 e. The quantitative estimate of drug-likeness (QED) is 0.630. The maximum atomic E-state index is 6.08. The first-order valence-corrected chi connectivity index (χ1v) is 7.85. The SMILES string of the molecule is Clc1ccc(Br)cc1NCc1cc(Br)c(Cl)s1. The van der Waals surface area contributed by atoms with Gasteiger partial charge < -0.3 is 5.32 Å². The molecule has 0 spiro atoms. The Kier molecular flexibility index (Phi) is 4.78. The Labute approximate surface area is 130 Å². The van der Waals surface area contributed by atoms with Crippen LogP contribution in [-0.4, -0.2) is 0 Å². The summed E-state index contributed by atoms with van der Waals surface area (Å²) in [5, 5.41) is 3.98. The van der Waals surface area contributed by atoms with E-state index in [1.165, 1.54) is 0 Å². The standard InChI is InChI=1S/C11H7Br2Cl2NS/c12-6-1-2-9(14)10(3-6)16-5-7-4-8(13)11(15)17-7/h1-4,16H,5H2. The first-order valence-electron chi connectivity index (χ1n) is 4.69. The molecule has 0 fully saturated rings. The summed E-state index contributed by atoms with van der Waals surface area (Å²) in [7, 11) is 0. The average molecular weight is 416 g/mol. The molecule has 0 radical (unpaired) electrons. The van der Waals surface area contributed by atoms with E-state index in [0.29, 0.717) is 11.6 Å². The Morgan fingerprint density at radius 2 is 1.94 bits per heavy atom. The molecule has 90 valence electrons. The largest absolute Gasteiger partial charge is 0.379 e. The second kappa shape index (κ2) is 5.93. The van der Waals surface area contributed by atoms with E-state index in [1.54, 1.807) is 11.3 Å². The minimum Gasteiger partial charge on any atom is -0.379 e. The first kappa shape index (κ1) is 13.7. The van der Waals surface area contributed by atoms with Crippen molar-refractivity contribution in [1.29, 1.82) is 0 Å². The number of rotatable bonds is 3. The maximum absolute atomic E-state index is 6.08. The summed E-state index contributed by atoms with van der Waals surface area (Å²) in [4.78, 5) is 1.15. The molecule has 1 aromatic carbocycles. The van der Waals surface area contributed by atoms with Crippen LogP contribution in [0, 0.1) is 0 Å². The monoisotopic (exact) mass is 413 g/mol. The van der Waals surface area contributed by atoms with Crippen molar-refractivity contribution in [2.75, 3.05) is 5.32 Å². The fourth-order valence-electron chi connectivity index (χ4n) is 1.29. The highest BCUT2D eigenvalue weighted by Crippen LogP contribution is 2.33. The third-order valence-electron chi connectivity index (χ3n) is 2.08. The number of thiophene rings is 1. The van der Waals surface area contributed by atoms with Crippen LogP contribution in [0.2, 0.25) is 9.36 Å². The molecule has 6 heteroatoms. The molecule has 2 rings (SSSR count). The zero-order valence-corrected chi connectivity index (χ0v) is 13.9. The molecule has 1 aromatic heterocycles. The van der Waals surface area contributed by atoms with E-state index in [1.807, 2.05) is 24.3 Å². The summed E-state index contributed by atoms with van der Waals surface area (Å²) in [6.45, 7) is 0.701. The van der Waals surface area contributed by atoms with Crippen molar-refractivity contribution in [2.45, 2.75) is 6.54 Å². The molecule has 1 nitrogen and oxygen atoms in total. The van der Waals surface area contributed by atoms with Crippen molar-refractivity contribution in [1.82, 2.24) is 0 Å². The molecule has 17 heavy (non-hydrogen) atoms. The molecular formula is C11H7Br2Cl2NS. The molecule has 0 saturated carbocycles. The van der Waals surface area contributed by atoms with Gasteiger partial charge in [-0.25, -0.2) is 0 Å². The number of nitrogens with one attached hydrogen (secondary N) is 1. The zero-order valence-electron chi connectivity index (χ0n) is 8.44. The van der Waals surface area contributed by atoms with E-state index in [9.17, 15) is 0 Å². The van der Waals surface area contributed by atoms with Crippen molar-refractivity contribution < 1.29 is 0 Å². The summed E-state index contributed by atoms with van der Waals surface area (Å²) < 4.78 is 2.69. The number of anilines is 1. The minimum atomic E-state index is 0.701. The normalized spacial score (nSPS) is 10.6. The van der Waals surface area contributed by atoms with Crippen molar-refractivity contribution >= 4 is 72.1 Å². The van der Waals surface area contributed by atoms with Crippen LogP contribution in [-0.2, 0) is 6.54 Å². The number of hydrogen-bond acceptors (Lipinski definition) is 2. The number of benzene rings is 1. The molecule has 0 amide bonds. The van der Waals surface area contributed by atoms with Gasteiger partial charge in [-0.2, -0.15) is 0 Å². The fraction of sp³-hybridized carbons (Fsp3) is 0.0909. The highest BCUT2D eigenvalue weighted by molar-refractivity contribution is 9.10. The van der Waals surface area contributed by atoms with Crippen LogP contribution in [0.1, 0.15) is 4.88 Å². The topological polar surface area (TPSA) is 12.0 Å². The Balaban J connectivity index is 2.09. The van der Waals surface area contributed by atoms with Gasteiger partial charge in [-0.05, 0) is 40.2 Å². The lowest BCUT2D eigenvalue weighted by Gasteiger charge is -2.07. The van der Waals surface area contributed by atoms with Gasteiger partial charge in [0.15, 0.2) is 0 Å². The van der Waals surface area contributed by atoms with Gasteiger partial charge in [-0.1, -0.05) is 39.1 Å². The highest BCUT2D eigenvalue weighted by Gasteiger charge is 2.05.